The molecule has 1 unspecified atom stereocenters. The summed E-state index contributed by atoms with van der Waals surface area (Å²) >= 11 is 0. The maximum atomic E-state index is 4.47. The monoisotopic (exact) mass is 660 g/mol. The van der Waals surface area contributed by atoms with Gasteiger partial charge in [-0.25, -0.2) is 0 Å². The van der Waals surface area contributed by atoms with Gasteiger partial charge in [0, 0.05) is 5.92 Å². The summed E-state index contributed by atoms with van der Waals surface area (Å²) in [6, 6.07) is 34.0. The van der Waals surface area contributed by atoms with Gasteiger partial charge in [-0.05, 0) is 148 Å². The van der Waals surface area contributed by atoms with Gasteiger partial charge in [-0.1, -0.05) is 153 Å². The number of hydrogen-bond donors (Lipinski definition) is 0. The number of benzene rings is 4. The zero-order chi connectivity index (χ0) is 35.3. The molecule has 0 heterocycles. The standard InChI is InChI=1S/C51H48/c1-6-7-19-39-27-28-41(32-37(39)4)42-29-31-46-45-24-15-16-25-47(45)51(50(46)34-42)48-30-26-35(2)17-9-8-10-20-40-21-12-14-22-43(40)38(5)33-49(48)44-23-13-11-18-36(44)3/h6-7,9,11-19,21-26,29-34,51H,2,4,8,10,20,27-28H2,1,3,5H3/b7-6-,17-9-,30-26+,38-33+,39-19-,49-48-. The molecule has 4 aromatic rings. The molecule has 0 aromatic heterocycles. The van der Waals surface area contributed by atoms with E-state index in [9.17, 15) is 0 Å². The third-order valence-electron chi connectivity index (χ3n) is 10.7. The van der Waals surface area contributed by atoms with Crippen molar-refractivity contribution in [3.8, 4) is 11.1 Å². The Kier molecular flexibility index (Phi) is 10.1. The summed E-state index contributed by atoms with van der Waals surface area (Å²) in [5.74, 6) is 0.0449. The summed E-state index contributed by atoms with van der Waals surface area (Å²) in [6.45, 7) is 15.5. The highest BCUT2D eigenvalue weighted by Gasteiger charge is 2.33. The lowest BCUT2D eigenvalue weighted by Gasteiger charge is -2.23. The fourth-order valence-corrected chi connectivity index (χ4v) is 8.03. The zero-order valence-electron chi connectivity index (χ0n) is 30.4. The van der Waals surface area contributed by atoms with Crippen molar-refractivity contribution in [3.63, 3.8) is 0 Å². The van der Waals surface area contributed by atoms with Crippen LogP contribution in [0.15, 0.2) is 181 Å². The Hall–Kier alpha value is -5.46. The second-order valence-electron chi connectivity index (χ2n) is 14.1. The van der Waals surface area contributed by atoms with Crippen LogP contribution in [0.4, 0.5) is 0 Å². The normalized spacial score (nSPS) is 22.4. The average molecular weight is 661 g/mol. The summed E-state index contributed by atoms with van der Waals surface area (Å²) in [6.07, 6.45) is 25.4. The van der Waals surface area contributed by atoms with Crippen molar-refractivity contribution in [1.29, 1.82) is 0 Å². The van der Waals surface area contributed by atoms with Crippen molar-refractivity contribution in [2.45, 2.75) is 58.8 Å². The molecule has 0 radical (unpaired) electrons. The number of rotatable bonds is 4. The maximum Gasteiger partial charge on any atom is 0.0358 e. The predicted molar refractivity (Wildman–Crippen MR) is 222 cm³/mol. The van der Waals surface area contributed by atoms with Crippen molar-refractivity contribution in [2.24, 2.45) is 0 Å². The second-order valence-corrected chi connectivity index (χ2v) is 14.1. The van der Waals surface area contributed by atoms with E-state index in [2.05, 4.69) is 180 Å². The van der Waals surface area contributed by atoms with Crippen molar-refractivity contribution in [1.82, 2.24) is 0 Å². The van der Waals surface area contributed by atoms with Crippen LogP contribution in [0.3, 0.4) is 0 Å². The van der Waals surface area contributed by atoms with Crippen LogP contribution in [0.1, 0.15) is 84.4 Å². The zero-order valence-corrected chi connectivity index (χ0v) is 30.4. The molecule has 0 bridgehead atoms. The number of allylic oxidation sites excluding steroid dienone is 16. The van der Waals surface area contributed by atoms with Gasteiger partial charge in [0.1, 0.15) is 0 Å². The van der Waals surface area contributed by atoms with Gasteiger partial charge in [0.25, 0.3) is 0 Å². The molecule has 0 N–H and O–H groups in total. The molecule has 3 aliphatic rings. The molecule has 0 aliphatic heterocycles. The third kappa shape index (κ3) is 7.10. The first-order valence-electron chi connectivity index (χ1n) is 18.5. The summed E-state index contributed by atoms with van der Waals surface area (Å²) < 4.78 is 0. The molecule has 0 saturated heterocycles. The highest BCUT2D eigenvalue weighted by molar-refractivity contribution is 5.92. The van der Waals surface area contributed by atoms with Gasteiger partial charge in [-0.15, -0.1) is 0 Å². The van der Waals surface area contributed by atoms with Crippen LogP contribution >= 0.6 is 0 Å². The highest BCUT2D eigenvalue weighted by Crippen LogP contribution is 2.51. The first-order chi connectivity index (χ1) is 24.9. The maximum absolute atomic E-state index is 4.47. The van der Waals surface area contributed by atoms with Crippen molar-refractivity contribution in [2.75, 3.05) is 0 Å². The van der Waals surface area contributed by atoms with E-state index in [4.69, 9.17) is 0 Å². The Morgan fingerprint density at radius 1 is 0.686 bits per heavy atom. The van der Waals surface area contributed by atoms with Crippen LogP contribution in [-0.2, 0) is 6.42 Å². The molecule has 7 rings (SSSR count). The lowest BCUT2D eigenvalue weighted by molar-refractivity contribution is 0.840. The molecular formula is C51H48. The Bertz CT molecular complexity index is 2230. The van der Waals surface area contributed by atoms with E-state index in [0.29, 0.717) is 0 Å². The minimum absolute atomic E-state index is 0.0449. The molecule has 0 fully saturated rings. The number of fused-ring (bicyclic) bond motifs is 4. The molecule has 0 saturated carbocycles. The second kappa shape index (κ2) is 15.2. The minimum atomic E-state index is 0.0449. The van der Waals surface area contributed by atoms with E-state index < -0.39 is 0 Å². The molecule has 51 heavy (non-hydrogen) atoms. The molecule has 1 atom stereocenters. The topological polar surface area (TPSA) is 0 Å². The van der Waals surface area contributed by atoms with Crippen LogP contribution in [0.25, 0.3) is 27.8 Å². The smallest absolute Gasteiger partial charge is 0.0358 e. The van der Waals surface area contributed by atoms with Gasteiger partial charge in [0.2, 0.25) is 0 Å². The van der Waals surface area contributed by atoms with Gasteiger partial charge >= 0.3 is 0 Å². The fourth-order valence-electron chi connectivity index (χ4n) is 8.03. The first kappa shape index (κ1) is 34.0. The van der Waals surface area contributed by atoms with Crippen LogP contribution in [0, 0.1) is 6.92 Å². The van der Waals surface area contributed by atoms with Gasteiger partial charge in [0.05, 0.1) is 0 Å². The molecule has 0 heteroatoms. The van der Waals surface area contributed by atoms with E-state index in [1.165, 1.54) is 77.9 Å². The van der Waals surface area contributed by atoms with Crippen LogP contribution in [0.2, 0.25) is 0 Å². The Balaban J connectivity index is 1.49. The van der Waals surface area contributed by atoms with E-state index in [1.54, 1.807) is 0 Å². The number of aryl methyl sites for hydroxylation is 2. The Morgan fingerprint density at radius 3 is 2.24 bits per heavy atom. The molecule has 0 amide bonds. The van der Waals surface area contributed by atoms with E-state index in [0.717, 1.165) is 43.3 Å². The fraction of sp³-hybridized carbons (Fsp3) is 0.176. The van der Waals surface area contributed by atoms with Crippen LogP contribution < -0.4 is 0 Å². The van der Waals surface area contributed by atoms with Crippen molar-refractivity contribution >= 4 is 16.7 Å². The van der Waals surface area contributed by atoms with E-state index in [1.807, 2.05) is 0 Å². The average Bonchev–Trinajstić information content (AvgIpc) is 3.47. The SMILES string of the molecule is C=C1/C=C\CCCc2ccccc2/C(C)=C/C(c2ccccc2C)=C(C2c3ccccc3-c3ccc(C4=CC(=C)/C(=C\C=C/C)CC4)cc32)\C=C\1. The van der Waals surface area contributed by atoms with Crippen LogP contribution in [0.5, 0.6) is 0 Å². The van der Waals surface area contributed by atoms with Crippen LogP contribution in [-0.4, -0.2) is 0 Å². The Morgan fingerprint density at radius 2 is 1.43 bits per heavy atom. The minimum Gasteiger partial charge on any atom is -0.0918 e. The summed E-state index contributed by atoms with van der Waals surface area (Å²) in [5, 5.41) is 0. The van der Waals surface area contributed by atoms with Crippen molar-refractivity contribution < 1.29 is 0 Å². The number of hydrogen-bond acceptors (Lipinski definition) is 0. The summed E-state index contributed by atoms with van der Waals surface area (Å²) in [7, 11) is 0. The molecule has 0 nitrogen and oxygen atoms in total. The van der Waals surface area contributed by atoms with Crippen molar-refractivity contribution in [3.05, 3.63) is 220 Å². The lowest BCUT2D eigenvalue weighted by atomic mass is 9.80. The van der Waals surface area contributed by atoms with Gasteiger partial charge < -0.3 is 0 Å². The first-order valence-corrected chi connectivity index (χ1v) is 18.5. The molecule has 252 valence electrons. The largest absolute Gasteiger partial charge is 0.0918 e. The molecule has 4 aromatic carbocycles. The predicted octanol–water partition coefficient (Wildman–Crippen LogP) is 13.9. The summed E-state index contributed by atoms with van der Waals surface area (Å²) in [5.41, 5.74) is 20.5. The lowest BCUT2D eigenvalue weighted by Crippen LogP contribution is -2.05. The molecule has 3 aliphatic carbocycles. The molecule has 0 spiro atoms. The highest BCUT2D eigenvalue weighted by atomic mass is 14.4. The molecular weight excluding hydrogens is 613 g/mol. The third-order valence-corrected chi connectivity index (χ3v) is 10.7. The quantitative estimate of drug-likeness (QED) is 0.204. The van der Waals surface area contributed by atoms with Gasteiger partial charge in [0.15, 0.2) is 0 Å². The van der Waals surface area contributed by atoms with E-state index >= 15 is 0 Å². The van der Waals surface area contributed by atoms with E-state index in [-0.39, 0.29) is 5.92 Å². The van der Waals surface area contributed by atoms with Gasteiger partial charge in [-0.3, -0.25) is 0 Å². The Labute approximate surface area is 305 Å². The van der Waals surface area contributed by atoms with Gasteiger partial charge in [-0.2, -0.15) is 0 Å². The summed E-state index contributed by atoms with van der Waals surface area (Å²) in [4.78, 5) is 0.